The molecule has 0 radical (unpaired) electrons. The molecule has 2 aromatic rings. The molecular weight excluding hydrogens is 373 g/mol. The van der Waals surface area contributed by atoms with Crippen LogP contribution in [0.3, 0.4) is 0 Å². The largest absolute Gasteiger partial charge is 0.451 e. The number of Topliss-reactive ketones (excluding diaryl/α,β-unsaturated/α-hetero) is 1. The van der Waals surface area contributed by atoms with Crippen molar-refractivity contribution in [2.24, 2.45) is 0 Å². The van der Waals surface area contributed by atoms with Crippen molar-refractivity contribution in [1.82, 2.24) is 4.72 Å². The van der Waals surface area contributed by atoms with Gasteiger partial charge in [0.05, 0.1) is 10.5 Å². The van der Waals surface area contributed by atoms with Gasteiger partial charge in [0.1, 0.15) is 5.82 Å². The van der Waals surface area contributed by atoms with Gasteiger partial charge in [0.25, 0.3) is 0 Å². The van der Waals surface area contributed by atoms with Crippen LogP contribution in [0.1, 0.15) is 41.0 Å². The molecule has 2 rings (SSSR count). The van der Waals surface area contributed by atoms with Gasteiger partial charge in [0.15, 0.2) is 6.10 Å². The molecule has 1 N–H and O–H groups in total. The number of halogens is 1. The Labute approximate surface area is 157 Å². The average Bonchev–Trinajstić information content (AvgIpc) is 2.66. The number of nitrogens with one attached hydrogen (secondary N) is 1. The van der Waals surface area contributed by atoms with Crippen LogP contribution in [-0.4, -0.2) is 32.8 Å². The van der Waals surface area contributed by atoms with E-state index in [1.807, 2.05) is 6.92 Å². The van der Waals surface area contributed by atoms with Crippen molar-refractivity contribution in [3.05, 3.63) is 65.5 Å². The number of carbonyl (C=O) groups is 2. The molecular formula is C19H20FNO5S. The summed E-state index contributed by atoms with van der Waals surface area (Å²) >= 11 is 0. The van der Waals surface area contributed by atoms with Gasteiger partial charge in [-0.3, -0.25) is 4.79 Å². The van der Waals surface area contributed by atoms with Crippen LogP contribution in [0.5, 0.6) is 0 Å². The fourth-order valence-corrected chi connectivity index (χ4v) is 3.42. The number of hydrogen-bond donors (Lipinski definition) is 1. The molecule has 0 fully saturated rings. The number of esters is 1. The van der Waals surface area contributed by atoms with Crippen LogP contribution >= 0.6 is 0 Å². The Balaban J connectivity index is 2.12. The molecule has 2 aromatic carbocycles. The van der Waals surface area contributed by atoms with E-state index in [0.717, 1.165) is 12.1 Å². The summed E-state index contributed by atoms with van der Waals surface area (Å²) < 4.78 is 44.8. The highest BCUT2D eigenvalue weighted by atomic mass is 32.2. The van der Waals surface area contributed by atoms with Gasteiger partial charge in [0, 0.05) is 12.1 Å². The van der Waals surface area contributed by atoms with Crippen molar-refractivity contribution >= 4 is 21.8 Å². The summed E-state index contributed by atoms with van der Waals surface area (Å²) in [5.74, 6) is -1.80. The third kappa shape index (κ3) is 5.45. The number of benzene rings is 2. The van der Waals surface area contributed by atoms with Gasteiger partial charge in [-0.15, -0.1) is 0 Å². The summed E-state index contributed by atoms with van der Waals surface area (Å²) in [6, 6.07) is 10.2. The third-order valence-electron chi connectivity index (χ3n) is 3.70. The maximum absolute atomic E-state index is 12.9. The van der Waals surface area contributed by atoms with Gasteiger partial charge in [-0.1, -0.05) is 13.0 Å². The second-order valence-corrected chi connectivity index (χ2v) is 7.61. The Bertz CT molecular complexity index is 925. The highest BCUT2D eigenvalue weighted by Gasteiger charge is 2.22. The summed E-state index contributed by atoms with van der Waals surface area (Å²) in [4.78, 5) is 24.5. The summed E-state index contributed by atoms with van der Waals surface area (Å²) in [5.41, 5.74) is 0.213. The lowest BCUT2D eigenvalue weighted by atomic mass is 10.1. The zero-order valence-corrected chi connectivity index (χ0v) is 15.8. The van der Waals surface area contributed by atoms with E-state index in [1.54, 1.807) is 0 Å². The van der Waals surface area contributed by atoms with E-state index in [-0.39, 0.29) is 22.6 Å². The van der Waals surface area contributed by atoms with Crippen molar-refractivity contribution in [2.75, 3.05) is 6.54 Å². The first kappa shape index (κ1) is 20.7. The molecule has 0 saturated heterocycles. The first-order chi connectivity index (χ1) is 12.7. The summed E-state index contributed by atoms with van der Waals surface area (Å²) in [5, 5.41) is 0. The lowest BCUT2D eigenvalue weighted by molar-refractivity contribution is 0.0318. The molecule has 6 nitrogen and oxygen atoms in total. The molecule has 0 aliphatic heterocycles. The molecule has 8 heteroatoms. The Morgan fingerprint density at radius 1 is 1.11 bits per heavy atom. The zero-order chi connectivity index (χ0) is 20.0. The van der Waals surface area contributed by atoms with E-state index in [2.05, 4.69) is 4.72 Å². The molecule has 144 valence electrons. The van der Waals surface area contributed by atoms with Gasteiger partial charge in [-0.05, 0) is 55.8 Å². The SMILES string of the molecule is CCCNS(=O)(=O)c1cccc(C(=O)O[C@H](C)C(=O)c2ccc(F)cc2)c1. The molecule has 0 aromatic heterocycles. The minimum atomic E-state index is -3.73. The van der Waals surface area contributed by atoms with Crippen LogP contribution < -0.4 is 4.72 Å². The molecule has 0 unspecified atom stereocenters. The summed E-state index contributed by atoms with van der Waals surface area (Å²) in [6.45, 7) is 3.50. The Kier molecular flexibility index (Phi) is 6.81. The van der Waals surface area contributed by atoms with Gasteiger partial charge in [0.2, 0.25) is 15.8 Å². The monoisotopic (exact) mass is 393 g/mol. The smallest absolute Gasteiger partial charge is 0.338 e. The molecule has 0 heterocycles. The normalized spacial score (nSPS) is 12.4. The molecule has 0 aliphatic rings. The highest BCUT2D eigenvalue weighted by Crippen LogP contribution is 2.15. The maximum Gasteiger partial charge on any atom is 0.338 e. The second-order valence-electron chi connectivity index (χ2n) is 5.84. The molecule has 1 atom stereocenters. The van der Waals surface area contributed by atoms with Crippen LogP contribution in [0.25, 0.3) is 0 Å². The average molecular weight is 393 g/mol. The number of ketones is 1. The van der Waals surface area contributed by atoms with Crippen molar-refractivity contribution in [1.29, 1.82) is 0 Å². The standard InChI is InChI=1S/C19H20FNO5S/c1-3-11-21-27(24,25)17-6-4-5-15(12-17)19(23)26-13(2)18(22)14-7-9-16(20)10-8-14/h4-10,12-13,21H,3,11H2,1-2H3/t13-/m1/s1. The van der Waals surface area contributed by atoms with E-state index < -0.39 is 33.7 Å². The Hall–Kier alpha value is -2.58. The third-order valence-corrected chi connectivity index (χ3v) is 5.16. The number of ether oxygens (including phenoxy) is 1. The van der Waals surface area contributed by atoms with Crippen LogP contribution in [0, 0.1) is 5.82 Å². The van der Waals surface area contributed by atoms with E-state index in [0.29, 0.717) is 6.42 Å². The molecule has 0 spiro atoms. The van der Waals surface area contributed by atoms with Crippen LogP contribution in [-0.2, 0) is 14.8 Å². The minimum absolute atomic E-state index is 0.00753. The van der Waals surface area contributed by atoms with E-state index in [1.165, 1.54) is 43.3 Å². The van der Waals surface area contributed by atoms with Gasteiger partial charge in [-0.25, -0.2) is 22.3 Å². The van der Waals surface area contributed by atoms with E-state index in [9.17, 15) is 22.4 Å². The lowest BCUT2D eigenvalue weighted by Crippen LogP contribution is -2.26. The van der Waals surface area contributed by atoms with Crippen molar-refractivity contribution < 1.29 is 27.1 Å². The summed E-state index contributed by atoms with van der Waals surface area (Å²) in [6.07, 6.45) is -0.481. The first-order valence-electron chi connectivity index (χ1n) is 8.35. The van der Waals surface area contributed by atoms with Crippen LogP contribution in [0.2, 0.25) is 0 Å². The van der Waals surface area contributed by atoms with Crippen molar-refractivity contribution in [3.8, 4) is 0 Å². The second kappa shape index (κ2) is 8.88. The number of rotatable bonds is 8. The summed E-state index contributed by atoms with van der Waals surface area (Å²) in [7, 11) is -3.73. The fourth-order valence-electron chi connectivity index (χ4n) is 2.24. The molecule has 0 bridgehead atoms. The highest BCUT2D eigenvalue weighted by molar-refractivity contribution is 7.89. The van der Waals surface area contributed by atoms with Crippen molar-refractivity contribution in [2.45, 2.75) is 31.3 Å². The molecule has 0 saturated carbocycles. The Morgan fingerprint density at radius 3 is 2.41 bits per heavy atom. The van der Waals surface area contributed by atoms with Gasteiger partial charge < -0.3 is 4.74 Å². The maximum atomic E-state index is 12.9. The number of carbonyl (C=O) groups excluding carboxylic acids is 2. The number of sulfonamides is 1. The Morgan fingerprint density at radius 2 is 1.78 bits per heavy atom. The fraction of sp³-hybridized carbons (Fsp3) is 0.263. The van der Waals surface area contributed by atoms with Crippen LogP contribution in [0.4, 0.5) is 4.39 Å². The van der Waals surface area contributed by atoms with E-state index in [4.69, 9.17) is 4.74 Å². The van der Waals surface area contributed by atoms with Crippen LogP contribution in [0.15, 0.2) is 53.4 Å². The lowest BCUT2D eigenvalue weighted by Gasteiger charge is -2.13. The topological polar surface area (TPSA) is 89.5 Å². The van der Waals surface area contributed by atoms with Gasteiger partial charge >= 0.3 is 5.97 Å². The zero-order valence-electron chi connectivity index (χ0n) is 14.9. The number of hydrogen-bond acceptors (Lipinski definition) is 5. The van der Waals surface area contributed by atoms with E-state index >= 15 is 0 Å². The van der Waals surface area contributed by atoms with Crippen molar-refractivity contribution in [3.63, 3.8) is 0 Å². The molecule has 0 aliphatic carbocycles. The van der Waals surface area contributed by atoms with Gasteiger partial charge in [-0.2, -0.15) is 0 Å². The minimum Gasteiger partial charge on any atom is -0.451 e. The predicted octanol–water partition coefficient (Wildman–Crippen LogP) is 2.94. The first-order valence-corrected chi connectivity index (χ1v) is 9.83. The predicted molar refractivity (Wildman–Crippen MR) is 97.5 cm³/mol. The molecule has 27 heavy (non-hydrogen) atoms. The quantitative estimate of drug-likeness (QED) is 0.550. The molecule has 0 amide bonds.